The van der Waals surface area contributed by atoms with Crippen LogP contribution in [0.5, 0.6) is 0 Å². The molecule has 4 atom stereocenters. The van der Waals surface area contributed by atoms with E-state index in [1.54, 1.807) is 0 Å². The molecule has 35 heavy (non-hydrogen) atoms. The SMILES string of the molecule is O=P(O)(O)CS(=O)(=O)C[C@H]1O[C@@H](n2ccc3c(NC4CCCC4)nc(C(F)(F)F)nc32)[C@H](O)[C@@H]1O. The number of aliphatic hydroxyl groups is 2. The lowest BCUT2D eigenvalue weighted by molar-refractivity contribution is -0.144. The number of nitrogens with one attached hydrogen (secondary N) is 1. The van der Waals surface area contributed by atoms with Crippen molar-refractivity contribution in [2.45, 2.75) is 62.4 Å². The Balaban J connectivity index is 1.68. The molecule has 5 N–H and O–H groups in total. The van der Waals surface area contributed by atoms with Gasteiger partial charge in [0.1, 0.15) is 29.8 Å². The van der Waals surface area contributed by atoms with Gasteiger partial charge in [0.15, 0.2) is 21.6 Å². The monoisotopic (exact) mass is 544 g/mol. The number of anilines is 1. The first-order valence-electron chi connectivity index (χ1n) is 10.6. The average molecular weight is 544 g/mol. The molecule has 0 unspecified atom stereocenters. The minimum absolute atomic E-state index is 0.0539. The van der Waals surface area contributed by atoms with Crippen molar-refractivity contribution >= 4 is 34.3 Å². The first-order valence-corrected chi connectivity index (χ1v) is 14.3. The summed E-state index contributed by atoms with van der Waals surface area (Å²) in [4.78, 5) is 25.1. The van der Waals surface area contributed by atoms with Crippen LogP contribution in [0.25, 0.3) is 11.0 Å². The maximum Gasteiger partial charge on any atom is 0.451 e. The lowest BCUT2D eigenvalue weighted by atomic mass is 10.1. The number of sulfone groups is 1. The topological polar surface area (TPSA) is 184 Å². The number of alkyl halides is 3. The van der Waals surface area contributed by atoms with E-state index >= 15 is 0 Å². The molecule has 0 radical (unpaired) electrons. The minimum Gasteiger partial charge on any atom is -0.387 e. The molecule has 196 valence electrons. The maximum atomic E-state index is 13.5. The van der Waals surface area contributed by atoms with Crippen molar-refractivity contribution in [3.8, 4) is 0 Å². The molecule has 0 aromatic carbocycles. The molecule has 2 aromatic rings. The van der Waals surface area contributed by atoms with Crippen molar-refractivity contribution in [3.63, 3.8) is 0 Å². The molecule has 12 nitrogen and oxygen atoms in total. The van der Waals surface area contributed by atoms with E-state index in [4.69, 9.17) is 14.5 Å². The molecular weight excluding hydrogens is 520 g/mol. The van der Waals surface area contributed by atoms with Crippen LogP contribution in [0.4, 0.5) is 19.0 Å². The molecule has 1 aliphatic carbocycles. The summed E-state index contributed by atoms with van der Waals surface area (Å²) < 4.78 is 82.4. The lowest BCUT2D eigenvalue weighted by Crippen LogP contribution is -2.35. The highest BCUT2D eigenvalue weighted by molar-refractivity contribution is 7.97. The summed E-state index contributed by atoms with van der Waals surface area (Å²) in [5, 5.41) is 24.0. The molecule has 1 saturated heterocycles. The maximum absolute atomic E-state index is 13.5. The van der Waals surface area contributed by atoms with Gasteiger partial charge >= 0.3 is 13.8 Å². The summed E-state index contributed by atoms with van der Waals surface area (Å²) in [5.74, 6) is -2.51. The van der Waals surface area contributed by atoms with Gasteiger partial charge in [0.25, 0.3) is 0 Å². The van der Waals surface area contributed by atoms with E-state index in [0.29, 0.717) is 0 Å². The van der Waals surface area contributed by atoms with Gasteiger partial charge < -0.3 is 34.6 Å². The number of hydrogen-bond acceptors (Lipinski definition) is 9. The molecule has 4 rings (SSSR count). The number of hydrogen-bond donors (Lipinski definition) is 5. The Labute approximate surface area is 197 Å². The van der Waals surface area contributed by atoms with Gasteiger partial charge in [0.2, 0.25) is 5.82 Å². The van der Waals surface area contributed by atoms with Crippen LogP contribution in [0.3, 0.4) is 0 Å². The van der Waals surface area contributed by atoms with E-state index in [0.717, 1.165) is 30.3 Å². The van der Waals surface area contributed by atoms with Crippen molar-refractivity contribution in [1.82, 2.24) is 14.5 Å². The van der Waals surface area contributed by atoms with Crippen LogP contribution in [-0.2, 0) is 25.3 Å². The second-order valence-electron chi connectivity index (χ2n) is 8.73. The molecule has 2 aliphatic rings. The molecule has 0 spiro atoms. The zero-order valence-electron chi connectivity index (χ0n) is 18.0. The first kappa shape index (κ1) is 26.3. The van der Waals surface area contributed by atoms with Crippen molar-refractivity contribution in [3.05, 3.63) is 18.1 Å². The molecule has 0 bridgehead atoms. The second-order valence-corrected chi connectivity index (χ2v) is 12.9. The smallest absolute Gasteiger partial charge is 0.387 e. The molecule has 3 heterocycles. The van der Waals surface area contributed by atoms with E-state index in [1.807, 2.05) is 0 Å². The van der Waals surface area contributed by atoms with Crippen molar-refractivity contribution in [2.75, 3.05) is 16.6 Å². The number of ether oxygens (including phenoxy) is 1. The van der Waals surface area contributed by atoms with Gasteiger partial charge in [0.05, 0.1) is 11.1 Å². The zero-order valence-corrected chi connectivity index (χ0v) is 19.7. The second kappa shape index (κ2) is 9.25. The molecule has 2 fully saturated rings. The number of halogens is 3. The minimum atomic E-state index is -4.94. The Bertz CT molecular complexity index is 1240. The summed E-state index contributed by atoms with van der Waals surface area (Å²) in [7, 11) is -9.35. The molecule has 1 aliphatic heterocycles. The largest absolute Gasteiger partial charge is 0.451 e. The normalized spacial score (nSPS) is 26.6. The summed E-state index contributed by atoms with van der Waals surface area (Å²) in [6, 6.07) is 1.34. The van der Waals surface area contributed by atoms with Crippen molar-refractivity contribution in [2.24, 2.45) is 0 Å². The Kier molecular flexibility index (Phi) is 6.94. The fourth-order valence-electron chi connectivity index (χ4n) is 4.39. The summed E-state index contributed by atoms with van der Waals surface area (Å²) in [6.45, 7) is 0. The highest BCUT2D eigenvalue weighted by Crippen LogP contribution is 2.39. The third kappa shape index (κ3) is 5.79. The average Bonchev–Trinajstić information content (AvgIpc) is 3.42. The summed E-state index contributed by atoms with van der Waals surface area (Å²) in [5.41, 5.74) is -1.75. The van der Waals surface area contributed by atoms with Crippen molar-refractivity contribution < 1.29 is 50.9 Å². The van der Waals surface area contributed by atoms with Gasteiger partial charge in [-0.3, -0.25) is 4.57 Å². The van der Waals surface area contributed by atoms with E-state index in [-0.39, 0.29) is 22.9 Å². The van der Waals surface area contributed by atoms with E-state index in [2.05, 4.69) is 15.3 Å². The van der Waals surface area contributed by atoms with E-state index < -0.39 is 65.2 Å². The number of fused-ring (bicyclic) bond motifs is 1. The van der Waals surface area contributed by atoms with Crippen LogP contribution in [0, 0.1) is 0 Å². The molecule has 2 aromatic heterocycles. The zero-order chi connectivity index (χ0) is 25.8. The van der Waals surface area contributed by atoms with Gasteiger partial charge in [0, 0.05) is 12.2 Å². The summed E-state index contributed by atoms with van der Waals surface area (Å²) >= 11 is 0. The van der Waals surface area contributed by atoms with Gasteiger partial charge in [-0.1, -0.05) is 12.8 Å². The number of rotatable bonds is 7. The first-order chi connectivity index (χ1) is 16.1. The quantitative estimate of drug-likeness (QED) is 0.313. The highest BCUT2D eigenvalue weighted by Gasteiger charge is 2.47. The van der Waals surface area contributed by atoms with E-state index in [1.165, 1.54) is 12.3 Å². The number of nitrogens with zero attached hydrogens (tertiary/aromatic N) is 3. The van der Waals surface area contributed by atoms with Crippen LogP contribution in [0.15, 0.2) is 12.3 Å². The molecule has 0 amide bonds. The van der Waals surface area contributed by atoms with Crippen LogP contribution in [0.1, 0.15) is 37.7 Å². The number of aliphatic hydroxyl groups excluding tert-OH is 2. The third-order valence-electron chi connectivity index (χ3n) is 5.92. The number of aromatic nitrogens is 3. The highest BCUT2D eigenvalue weighted by atomic mass is 32.2. The predicted octanol–water partition coefficient (Wildman–Crippen LogP) is 0.974. The van der Waals surface area contributed by atoms with Gasteiger partial charge in [-0.15, -0.1) is 0 Å². The van der Waals surface area contributed by atoms with Gasteiger partial charge in [-0.2, -0.15) is 13.2 Å². The van der Waals surface area contributed by atoms with Crippen LogP contribution >= 0.6 is 7.60 Å². The molecule has 17 heteroatoms. The van der Waals surface area contributed by atoms with Crippen LogP contribution in [-0.4, -0.2) is 78.6 Å². The standard InChI is InChI=1S/C18H24F3N4O8PS/c19-18(20,21)17-23-14(22-9-3-1-2-4-9)10-5-6-25(15(10)24-17)16-13(27)12(26)11(33-16)7-35(31,32)8-34(28,29)30/h5-6,9,11-13,16,26-27H,1-4,7-8H2,(H,22,23,24)(H2,28,29,30)/t11-,12-,13-,16-/m1/s1. The Morgan fingerprint density at radius 1 is 1.17 bits per heavy atom. The Hall–Kier alpha value is -1.81. The molecule has 1 saturated carbocycles. The van der Waals surface area contributed by atoms with Gasteiger partial charge in [-0.05, 0) is 18.9 Å². The Morgan fingerprint density at radius 2 is 1.83 bits per heavy atom. The van der Waals surface area contributed by atoms with E-state index in [9.17, 15) is 36.4 Å². The fraction of sp³-hybridized carbons (Fsp3) is 0.667. The predicted molar refractivity (Wildman–Crippen MR) is 115 cm³/mol. The van der Waals surface area contributed by atoms with Crippen LogP contribution in [0.2, 0.25) is 0 Å². The third-order valence-corrected chi connectivity index (χ3v) is 9.67. The van der Waals surface area contributed by atoms with Crippen LogP contribution < -0.4 is 5.32 Å². The lowest BCUT2D eigenvalue weighted by Gasteiger charge is -2.19. The Morgan fingerprint density at radius 3 is 2.43 bits per heavy atom. The summed E-state index contributed by atoms with van der Waals surface area (Å²) in [6.07, 6.45) is -6.94. The molecular formula is C18H24F3N4O8PS. The fourth-order valence-corrected chi connectivity index (χ4v) is 7.64. The van der Waals surface area contributed by atoms with Crippen molar-refractivity contribution in [1.29, 1.82) is 0 Å². The van der Waals surface area contributed by atoms with Gasteiger partial charge in [-0.25, -0.2) is 18.4 Å².